The van der Waals surface area contributed by atoms with Crippen LogP contribution in [0, 0.1) is 58.5 Å². The second kappa shape index (κ2) is 7.53. The van der Waals surface area contributed by atoms with Crippen molar-refractivity contribution in [2.24, 2.45) is 0 Å². The first-order valence-corrected chi connectivity index (χ1v) is 9.09. The third-order valence-corrected chi connectivity index (χ3v) is 5.41. The Kier molecular flexibility index (Phi) is 5.94. The molecule has 0 aliphatic heterocycles. The van der Waals surface area contributed by atoms with Crippen LogP contribution in [0.5, 0.6) is 0 Å². The monoisotopic (exact) mass is 510 g/mol. The van der Waals surface area contributed by atoms with Gasteiger partial charge in [0.1, 0.15) is 0 Å². The van der Waals surface area contributed by atoms with Gasteiger partial charge in [-0.3, -0.25) is 0 Å². The van der Waals surface area contributed by atoms with Gasteiger partial charge in [-0.1, -0.05) is 11.8 Å². The van der Waals surface area contributed by atoms with E-state index in [4.69, 9.17) is 0 Å². The minimum Gasteiger partial charge on any atom is -0.0517 e. The summed E-state index contributed by atoms with van der Waals surface area (Å²) in [5.41, 5.74) is 7.22. The number of benzene rings is 2. The van der Waals surface area contributed by atoms with Gasteiger partial charge in [-0.2, -0.15) is 0 Å². The van der Waals surface area contributed by atoms with Crippen LogP contribution in [0.15, 0.2) is 24.3 Å². The average Bonchev–Trinajstić information content (AvgIpc) is 2.45. The number of hydrogen-bond donors (Lipinski definition) is 0. The van der Waals surface area contributed by atoms with E-state index in [1.165, 1.54) is 29.4 Å². The molecule has 2 heteroatoms. The van der Waals surface area contributed by atoms with Crippen molar-refractivity contribution in [1.29, 1.82) is 0 Å². The Balaban J connectivity index is 2.30. The van der Waals surface area contributed by atoms with E-state index in [-0.39, 0.29) is 0 Å². The van der Waals surface area contributed by atoms with Gasteiger partial charge in [0.05, 0.1) is 0 Å². The molecule has 0 heterocycles. The van der Waals surface area contributed by atoms with E-state index in [9.17, 15) is 0 Å². The molecular weight excluding hydrogens is 494 g/mol. The summed E-state index contributed by atoms with van der Waals surface area (Å²) < 4.78 is 2.35. The fraction of sp³-hybridized carbons (Fsp3) is 0.200. The summed E-state index contributed by atoms with van der Waals surface area (Å²) in [5, 5.41) is 0. The SMILES string of the molecule is Cc1cc(I)c(C#CC#Cc2cc(C)c(C)cc2I)cc1C. The lowest BCUT2D eigenvalue weighted by molar-refractivity contribution is 1.32. The van der Waals surface area contributed by atoms with Crippen molar-refractivity contribution in [3.63, 3.8) is 0 Å². The van der Waals surface area contributed by atoms with Crippen molar-refractivity contribution in [2.75, 3.05) is 0 Å². The molecule has 110 valence electrons. The first-order chi connectivity index (χ1) is 10.4. The molecule has 2 aromatic carbocycles. The fourth-order valence-corrected chi connectivity index (χ4v) is 3.47. The van der Waals surface area contributed by atoms with E-state index in [0.29, 0.717) is 0 Å². The van der Waals surface area contributed by atoms with Crippen molar-refractivity contribution in [3.05, 3.63) is 64.8 Å². The molecule has 2 rings (SSSR count). The molecule has 0 bridgehead atoms. The zero-order chi connectivity index (χ0) is 16.3. The van der Waals surface area contributed by atoms with Gasteiger partial charge in [-0.25, -0.2) is 0 Å². The highest BCUT2D eigenvalue weighted by molar-refractivity contribution is 14.1. The van der Waals surface area contributed by atoms with Gasteiger partial charge >= 0.3 is 0 Å². The van der Waals surface area contributed by atoms with E-state index in [2.05, 4.69) is 121 Å². The highest BCUT2D eigenvalue weighted by Gasteiger charge is 2.01. The minimum absolute atomic E-state index is 1.05. The van der Waals surface area contributed by atoms with Gasteiger partial charge in [-0.15, -0.1) is 0 Å². The van der Waals surface area contributed by atoms with Crippen LogP contribution in [0.4, 0.5) is 0 Å². The van der Waals surface area contributed by atoms with Crippen molar-refractivity contribution in [3.8, 4) is 23.7 Å². The summed E-state index contributed by atoms with van der Waals surface area (Å²) in [4.78, 5) is 0. The molecule has 0 nitrogen and oxygen atoms in total. The summed E-state index contributed by atoms with van der Waals surface area (Å²) in [6.45, 7) is 8.46. The van der Waals surface area contributed by atoms with Crippen LogP contribution in [-0.4, -0.2) is 0 Å². The van der Waals surface area contributed by atoms with Crippen LogP contribution < -0.4 is 0 Å². The molecule has 0 radical (unpaired) electrons. The Hall–Kier alpha value is -0.980. The second-order valence-corrected chi connectivity index (χ2v) is 7.66. The van der Waals surface area contributed by atoms with Gasteiger partial charge in [0.2, 0.25) is 0 Å². The van der Waals surface area contributed by atoms with E-state index in [1.807, 2.05) is 0 Å². The smallest absolute Gasteiger partial charge is 0.0391 e. The Morgan fingerprint density at radius 2 is 0.909 bits per heavy atom. The van der Waals surface area contributed by atoms with Crippen LogP contribution >= 0.6 is 45.2 Å². The van der Waals surface area contributed by atoms with Crippen LogP contribution in [0.2, 0.25) is 0 Å². The largest absolute Gasteiger partial charge is 0.0517 e. The van der Waals surface area contributed by atoms with Gasteiger partial charge in [0.15, 0.2) is 0 Å². The molecule has 22 heavy (non-hydrogen) atoms. The first-order valence-electron chi connectivity index (χ1n) is 6.94. The summed E-state index contributed by atoms with van der Waals surface area (Å²) in [6, 6.07) is 8.59. The van der Waals surface area contributed by atoms with E-state index in [1.54, 1.807) is 0 Å². The summed E-state index contributed by atoms with van der Waals surface area (Å²) in [6.07, 6.45) is 0. The standard InChI is InChI=1S/C20H16I2/c1-13-9-17(19(21)11-15(13)3)7-5-6-8-18-10-14(2)16(4)12-20(18)22/h9-12H,1-4H3. The molecule has 0 amide bonds. The normalized spacial score (nSPS) is 9.55. The van der Waals surface area contributed by atoms with Gasteiger partial charge < -0.3 is 0 Å². The molecule has 2 aromatic rings. The van der Waals surface area contributed by atoms with Crippen LogP contribution in [0.1, 0.15) is 33.4 Å². The summed E-state index contributed by atoms with van der Waals surface area (Å²) >= 11 is 4.65. The maximum atomic E-state index is 3.16. The Bertz CT molecular complexity index is 780. The fourth-order valence-electron chi connectivity index (χ4n) is 1.95. The molecule has 0 aromatic heterocycles. The lowest BCUT2D eigenvalue weighted by Gasteiger charge is -2.02. The predicted octanol–water partition coefficient (Wildman–Crippen LogP) is 5.53. The summed E-state index contributed by atoms with van der Waals surface area (Å²) in [7, 11) is 0. The molecular formula is C20H16I2. The molecule has 0 aliphatic carbocycles. The third-order valence-electron chi connectivity index (χ3n) is 3.62. The maximum absolute atomic E-state index is 3.16. The molecule has 0 saturated carbocycles. The lowest BCUT2D eigenvalue weighted by atomic mass is 10.1. The van der Waals surface area contributed by atoms with Gasteiger partial charge in [0, 0.05) is 18.3 Å². The van der Waals surface area contributed by atoms with Crippen molar-refractivity contribution >= 4 is 45.2 Å². The Morgan fingerprint density at radius 1 is 0.591 bits per heavy atom. The minimum atomic E-state index is 1.05. The van der Waals surface area contributed by atoms with Crippen molar-refractivity contribution in [2.45, 2.75) is 27.7 Å². The molecule has 0 unspecified atom stereocenters. The molecule has 0 aliphatic rings. The van der Waals surface area contributed by atoms with Gasteiger partial charge in [-0.05, 0) is 131 Å². The average molecular weight is 510 g/mol. The Labute approximate surface area is 160 Å². The van der Waals surface area contributed by atoms with Gasteiger partial charge in [0.25, 0.3) is 0 Å². The molecule has 0 atom stereocenters. The van der Waals surface area contributed by atoms with E-state index >= 15 is 0 Å². The van der Waals surface area contributed by atoms with Crippen LogP contribution in [0.3, 0.4) is 0 Å². The maximum Gasteiger partial charge on any atom is 0.0391 e. The predicted molar refractivity (Wildman–Crippen MR) is 111 cm³/mol. The topological polar surface area (TPSA) is 0 Å². The second-order valence-electron chi connectivity index (χ2n) is 5.33. The Morgan fingerprint density at radius 3 is 1.27 bits per heavy atom. The van der Waals surface area contributed by atoms with E-state index < -0.39 is 0 Å². The molecule has 0 fully saturated rings. The van der Waals surface area contributed by atoms with Crippen molar-refractivity contribution < 1.29 is 0 Å². The number of rotatable bonds is 0. The lowest BCUT2D eigenvalue weighted by Crippen LogP contribution is -1.88. The number of hydrogen-bond acceptors (Lipinski definition) is 0. The zero-order valence-corrected chi connectivity index (χ0v) is 17.4. The quantitative estimate of drug-likeness (QED) is 0.323. The highest BCUT2D eigenvalue weighted by Crippen LogP contribution is 2.18. The summed E-state index contributed by atoms with van der Waals surface area (Å²) in [5.74, 6) is 12.3. The molecule has 0 saturated heterocycles. The van der Waals surface area contributed by atoms with Crippen LogP contribution in [-0.2, 0) is 0 Å². The van der Waals surface area contributed by atoms with Crippen molar-refractivity contribution in [1.82, 2.24) is 0 Å². The van der Waals surface area contributed by atoms with Crippen LogP contribution in [0.25, 0.3) is 0 Å². The zero-order valence-electron chi connectivity index (χ0n) is 13.1. The number of aryl methyl sites for hydroxylation is 4. The number of halogens is 2. The molecule has 0 N–H and O–H groups in total. The third kappa shape index (κ3) is 4.27. The highest BCUT2D eigenvalue weighted by atomic mass is 127. The molecule has 0 spiro atoms. The van der Waals surface area contributed by atoms with E-state index in [0.717, 1.165) is 11.1 Å². The first kappa shape index (κ1) is 17.4.